The third kappa shape index (κ3) is 2.92. The molecule has 4 nitrogen and oxygen atoms in total. The Morgan fingerprint density at radius 1 is 1.26 bits per heavy atom. The molecular formula is C14H10BrN3O. The van der Waals surface area contributed by atoms with Crippen LogP contribution in [0.2, 0.25) is 0 Å². The number of nitriles is 1. The number of para-hydroxylation sites is 1. The van der Waals surface area contributed by atoms with Crippen LogP contribution >= 0.6 is 15.9 Å². The van der Waals surface area contributed by atoms with Crippen molar-refractivity contribution in [3.8, 4) is 6.07 Å². The monoisotopic (exact) mass is 315 g/mol. The van der Waals surface area contributed by atoms with Crippen LogP contribution in [0.25, 0.3) is 0 Å². The maximum absolute atomic E-state index is 12.1. The smallest absolute Gasteiger partial charge is 0.257 e. The molecule has 2 aromatic carbocycles. The van der Waals surface area contributed by atoms with Crippen LogP contribution in [-0.2, 0) is 0 Å². The number of anilines is 2. The lowest BCUT2D eigenvalue weighted by molar-refractivity contribution is 0.102. The highest BCUT2D eigenvalue weighted by molar-refractivity contribution is 9.10. The molecule has 0 saturated heterocycles. The molecule has 19 heavy (non-hydrogen) atoms. The van der Waals surface area contributed by atoms with Crippen molar-refractivity contribution in [2.45, 2.75) is 0 Å². The van der Waals surface area contributed by atoms with Gasteiger partial charge < -0.3 is 11.1 Å². The summed E-state index contributed by atoms with van der Waals surface area (Å²) in [6.45, 7) is 0. The lowest BCUT2D eigenvalue weighted by atomic mass is 10.1. The van der Waals surface area contributed by atoms with Gasteiger partial charge in [0.05, 0.1) is 16.8 Å². The standard InChI is InChI=1S/C14H10BrN3O/c15-10-6-5-9(8-16)13(7-10)18-14(19)11-3-1-2-4-12(11)17/h1-7H,17H2,(H,18,19). The van der Waals surface area contributed by atoms with Crippen molar-refractivity contribution in [1.82, 2.24) is 0 Å². The number of nitrogens with two attached hydrogens (primary N) is 1. The summed E-state index contributed by atoms with van der Waals surface area (Å²) in [5, 5.41) is 11.7. The summed E-state index contributed by atoms with van der Waals surface area (Å²) < 4.78 is 0.780. The van der Waals surface area contributed by atoms with Gasteiger partial charge in [0.2, 0.25) is 0 Å². The third-order valence-corrected chi connectivity index (χ3v) is 3.05. The van der Waals surface area contributed by atoms with Gasteiger partial charge in [-0.15, -0.1) is 0 Å². The number of nitrogens with zero attached hydrogens (tertiary/aromatic N) is 1. The lowest BCUT2D eigenvalue weighted by Gasteiger charge is -2.09. The summed E-state index contributed by atoms with van der Waals surface area (Å²) in [5.41, 5.74) is 7.36. The molecule has 94 valence electrons. The molecule has 3 N–H and O–H groups in total. The Morgan fingerprint density at radius 2 is 2.00 bits per heavy atom. The summed E-state index contributed by atoms with van der Waals surface area (Å²) in [7, 11) is 0. The molecule has 0 radical (unpaired) electrons. The first kappa shape index (κ1) is 13.1. The van der Waals surface area contributed by atoms with Gasteiger partial charge >= 0.3 is 0 Å². The predicted molar refractivity (Wildman–Crippen MR) is 77.7 cm³/mol. The van der Waals surface area contributed by atoms with Crippen LogP contribution < -0.4 is 11.1 Å². The Bertz CT molecular complexity index is 677. The lowest BCUT2D eigenvalue weighted by Crippen LogP contribution is -2.14. The van der Waals surface area contributed by atoms with E-state index in [2.05, 4.69) is 21.2 Å². The largest absolute Gasteiger partial charge is 0.398 e. The average molecular weight is 316 g/mol. The van der Waals surface area contributed by atoms with Crippen LogP contribution in [0.15, 0.2) is 46.9 Å². The first-order valence-corrected chi connectivity index (χ1v) is 6.26. The summed E-state index contributed by atoms with van der Waals surface area (Å²) in [4.78, 5) is 12.1. The van der Waals surface area contributed by atoms with Gasteiger partial charge in [0.25, 0.3) is 5.91 Å². The minimum atomic E-state index is -0.340. The fraction of sp³-hybridized carbons (Fsp3) is 0. The topological polar surface area (TPSA) is 78.9 Å². The molecule has 0 fully saturated rings. The Morgan fingerprint density at radius 3 is 2.68 bits per heavy atom. The van der Waals surface area contributed by atoms with Gasteiger partial charge in [-0.05, 0) is 30.3 Å². The minimum absolute atomic E-state index is 0.340. The minimum Gasteiger partial charge on any atom is -0.398 e. The van der Waals surface area contributed by atoms with E-state index >= 15 is 0 Å². The number of hydrogen-bond acceptors (Lipinski definition) is 3. The van der Waals surface area contributed by atoms with E-state index in [0.29, 0.717) is 22.5 Å². The Hall–Kier alpha value is -2.32. The Labute approximate surface area is 119 Å². The molecule has 5 heteroatoms. The van der Waals surface area contributed by atoms with E-state index in [1.54, 1.807) is 42.5 Å². The van der Waals surface area contributed by atoms with E-state index in [1.165, 1.54) is 0 Å². The number of carbonyl (C=O) groups is 1. The first-order chi connectivity index (χ1) is 9.11. The molecule has 0 aliphatic heterocycles. The van der Waals surface area contributed by atoms with E-state index in [9.17, 15) is 4.79 Å². The van der Waals surface area contributed by atoms with Crippen molar-refractivity contribution in [3.63, 3.8) is 0 Å². The molecule has 0 atom stereocenters. The van der Waals surface area contributed by atoms with E-state index in [0.717, 1.165) is 4.47 Å². The zero-order valence-electron chi connectivity index (χ0n) is 9.85. The van der Waals surface area contributed by atoms with Gasteiger partial charge in [-0.2, -0.15) is 5.26 Å². The van der Waals surface area contributed by atoms with Crippen LogP contribution in [0, 0.1) is 11.3 Å². The second-order valence-corrected chi connectivity index (χ2v) is 4.76. The maximum Gasteiger partial charge on any atom is 0.257 e. The molecule has 0 bridgehead atoms. The van der Waals surface area contributed by atoms with Crippen molar-refractivity contribution in [1.29, 1.82) is 5.26 Å². The summed E-state index contributed by atoms with van der Waals surface area (Å²) in [6, 6.07) is 13.9. The average Bonchev–Trinajstić information content (AvgIpc) is 2.39. The fourth-order valence-electron chi connectivity index (χ4n) is 1.61. The molecule has 0 saturated carbocycles. The van der Waals surface area contributed by atoms with Crippen molar-refractivity contribution in [2.75, 3.05) is 11.1 Å². The molecule has 0 aromatic heterocycles. The molecular weight excluding hydrogens is 306 g/mol. The van der Waals surface area contributed by atoms with Crippen LogP contribution in [0.3, 0.4) is 0 Å². The summed E-state index contributed by atoms with van der Waals surface area (Å²) in [6.07, 6.45) is 0. The van der Waals surface area contributed by atoms with E-state index in [1.807, 2.05) is 6.07 Å². The predicted octanol–water partition coefficient (Wildman–Crippen LogP) is 3.16. The first-order valence-electron chi connectivity index (χ1n) is 5.47. The van der Waals surface area contributed by atoms with E-state index in [4.69, 9.17) is 11.0 Å². The number of halogens is 1. The van der Waals surface area contributed by atoms with E-state index in [-0.39, 0.29) is 5.91 Å². The number of carbonyl (C=O) groups excluding carboxylic acids is 1. The Balaban J connectivity index is 2.32. The van der Waals surface area contributed by atoms with Crippen LogP contribution in [0.4, 0.5) is 11.4 Å². The van der Waals surface area contributed by atoms with Gasteiger partial charge in [0.1, 0.15) is 6.07 Å². The third-order valence-electron chi connectivity index (χ3n) is 2.56. The Kier molecular flexibility index (Phi) is 3.83. The zero-order valence-corrected chi connectivity index (χ0v) is 11.4. The van der Waals surface area contributed by atoms with E-state index < -0.39 is 0 Å². The quantitative estimate of drug-likeness (QED) is 0.835. The van der Waals surface area contributed by atoms with Crippen LogP contribution in [0.5, 0.6) is 0 Å². The molecule has 2 aromatic rings. The fourth-order valence-corrected chi connectivity index (χ4v) is 1.97. The van der Waals surface area contributed by atoms with Crippen molar-refractivity contribution < 1.29 is 4.79 Å². The molecule has 0 unspecified atom stereocenters. The molecule has 0 spiro atoms. The molecule has 0 aliphatic rings. The zero-order chi connectivity index (χ0) is 13.8. The number of rotatable bonds is 2. The number of nitrogens with one attached hydrogen (secondary N) is 1. The number of benzene rings is 2. The number of nitrogen functional groups attached to an aromatic ring is 1. The van der Waals surface area contributed by atoms with Gasteiger partial charge in [-0.25, -0.2) is 0 Å². The molecule has 2 rings (SSSR count). The second kappa shape index (κ2) is 5.55. The molecule has 1 amide bonds. The summed E-state index contributed by atoms with van der Waals surface area (Å²) in [5.74, 6) is -0.340. The van der Waals surface area contributed by atoms with Crippen molar-refractivity contribution >= 4 is 33.2 Å². The van der Waals surface area contributed by atoms with Gasteiger partial charge in [0, 0.05) is 10.2 Å². The van der Waals surface area contributed by atoms with Crippen molar-refractivity contribution in [3.05, 3.63) is 58.1 Å². The summed E-state index contributed by atoms with van der Waals surface area (Å²) >= 11 is 3.30. The molecule has 0 heterocycles. The highest BCUT2D eigenvalue weighted by Gasteiger charge is 2.11. The maximum atomic E-state index is 12.1. The van der Waals surface area contributed by atoms with Gasteiger partial charge in [0.15, 0.2) is 0 Å². The van der Waals surface area contributed by atoms with Crippen LogP contribution in [-0.4, -0.2) is 5.91 Å². The van der Waals surface area contributed by atoms with Crippen molar-refractivity contribution in [2.24, 2.45) is 0 Å². The van der Waals surface area contributed by atoms with Gasteiger partial charge in [-0.3, -0.25) is 4.79 Å². The number of hydrogen-bond donors (Lipinski definition) is 2. The normalized spacial score (nSPS) is 9.68. The highest BCUT2D eigenvalue weighted by atomic mass is 79.9. The van der Waals surface area contributed by atoms with Crippen LogP contribution in [0.1, 0.15) is 15.9 Å². The highest BCUT2D eigenvalue weighted by Crippen LogP contribution is 2.22. The number of amides is 1. The molecule has 0 aliphatic carbocycles. The SMILES string of the molecule is N#Cc1ccc(Br)cc1NC(=O)c1ccccc1N. The second-order valence-electron chi connectivity index (χ2n) is 3.84. The van der Waals surface area contributed by atoms with Gasteiger partial charge in [-0.1, -0.05) is 28.1 Å².